The molecule has 0 aliphatic rings. The fourth-order valence-electron chi connectivity index (χ4n) is 1.50. The van der Waals surface area contributed by atoms with Gasteiger partial charge in [-0.2, -0.15) is 0 Å². The minimum atomic E-state index is -1.15. The fraction of sp³-hybridized carbons (Fsp3) is 0.154. The highest BCUT2D eigenvalue weighted by Gasteiger charge is 2.16. The van der Waals surface area contributed by atoms with E-state index in [1.165, 1.54) is 6.20 Å². The molecular weight excluding hydrogens is 232 g/mol. The van der Waals surface area contributed by atoms with Gasteiger partial charge in [-0.05, 0) is 6.92 Å². The minimum absolute atomic E-state index is 0.0475. The summed E-state index contributed by atoms with van der Waals surface area (Å²) >= 11 is 0. The van der Waals surface area contributed by atoms with Crippen molar-refractivity contribution < 1.29 is 14.6 Å². The van der Waals surface area contributed by atoms with Crippen LogP contribution in [0.5, 0.6) is 5.88 Å². The number of benzene rings is 1. The fourth-order valence-corrected chi connectivity index (χ4v) is 1.50. The Kier molecular flexibility index (Phi) is 3.52. The number of carbonyl (C=O) groups is 1. The molecule has 2 aromatic rings. The lowest BCUT2D eigenvalue weighted by Gasteiger charge is -2.07. The Hall–Kier alpha value is -2.43. The summed E-state index contributed by atoms with van der Waals surface area (Å²) in [5.41, 5.74) is 1.28. The van der Waals surface area contributed by atoms with Crippen molar-refractivity contribution in [2.24, 2.45) is 0 Å². The van der Waals surface area contributed by atoms with Crippen LogP contribution in [-0.4, -0.2) is 27.7 Å². The second kappa shape index (κ2) is 5.27. The van der Waals surface area contributed by atoms with Gasteiger partial charge in [0, 0.05) is 5.56 Å². The normalized spacial score (nSPS) is 10.1. The van der Waals surface area contributed by atoms with Gasteiger partial charge in [-0.25, -0.2) is 14.8 Å². The van der Waals surface area contributed by atoms with Crippen LogP contribution in [0.25, 0.3) is 11.3 Å². The minimum Gasteiger partial charge on any atom is -0.476 e. The number of rotatable bonds is 4. The van der Waals surface area contributed by atoms with Crippen LogP contribution < -0.4 is 4.74 Å². The van der Waals surface area contributed by atoms with Crippen molar-refractivity contribution in [2.75, 3.05) is 6.61 Å². The predicted molar refractivity (Wildman–Crippen MR) is 65.6 cm³/mol. The van der Waals surface area contributed by atoms with Gasteiger partial charge in [-0.3, -0.25) is 0 Å². The third kappa shape index (κ3) is 2.45. The molecule has 0 unspecified atom stereocenters. The lowest BCUT2D eigenvalue weighted by atomic mass is 10.2. The molecule has 0 fully saturated rings. The van der Waals surface area contributed by atoms with Crippen molar-refractivity contribution in [3.05, 3.63) is 42.2 Å². The van der Waals surface area contributed by atoms with Gasteiger partial charge in [0.05, 0.1) is 18.5 Å². The Morgan fingerprint density at radius 3 is 2.67 bits per heavy atom. The van der Waals surface area contributed by atoms with Crippen LogP contribution in [0.2, 0.25) is 0 Å². The smallest absolute Gasteiger partial charge is 0.360 e. The topological polar surface area (TPSA) is 72.3 Å². The van der Waals surface area contributed by atoms with Crippen LogP contribution in [0.4, 0.5) is 0 Å². The van der Waals surface area contributed by atoms with E-state index in [1.54, 1.807) is 6.92 Å². The van der Waals surface area contributed by atoms with Crippen LogP contribution in [0.1, 0.15) is 17.4 Å². The average molecular weight is 244 g/mol. The van der Waals surface area contributed by atoms with Gasteiger partial charge in [-0.1, -0.05) is 30.3 Å². The monoisotopic (exact) mass is 244 g/mol. The maximum atomic E-state index is 11.0. The van der Waals surface area contributed by atoms with E-state index < -0.39 is 5.97 Å². The van der Waals surface area contributed by atoms with E-state index in [1.807, 2.05) is 30.3 Å². The average Bonchev–Trinajstić information content (AvgIpc) is 2.40. The summed E-state index contributed by atoms with van der Waals surface area (Å²) in [6.45, 7) is 2.11. The second-order valence-corrected chi connectivity index (χ2v) is 3.51. The molecule has 0 amide bonds. The summed E-state index contributed by atoms with van der Waals surface area (Å²) in [4.78, 5) is 19.0. The van der Waals surface area contributed by atoms with Crippen LogP contribution in [0, 0.1) is 0 Å². The molecule has 1 heterocycles. The van der Waals surface area contributed by atoms with Gasteiger partial charge in [0.1, 0.15) is 0 Å². The number of hydrogen-bond donors (Lipinski definition) is 1. The van der Waals surface area contributed by atoms with Gasteiger partial charge in [0.25, 0.3) is 0 Å². The first-order chi connectivity index (χ1) is 8.72. The van der Waals surface area contributed by atoms with Gasteiger partial charge in [-0.15, -0.1) is 0 Å². The molecule has 92 valence electrons. The number of aromatic nitrogens is 2. The highest BCUT2D eigenvalue weighted by molar-refractivity contribution is 5.88. The molecule has 5 heteroatoms. The van der Waals surface area contributed by atoms with E-state index in [9.17, 15) is 4.79 Å². The number of carboxylic acid groups (broad SMARTS) is 1. The molecule has 0 aliphatic carbocycles. The van der Waals surface area contributed by atoms with E-state index in [2.05, 4.69) is 9.97 Å². The SMILES string of the molecule is CCOc1nc(-c2ccccc2)cnc1C(=O)O. The Labute approximate surface area is 104 Å². The Bertz CT molecular complexity index is 555. The van der Waals surface area contributed by atoms with Crippen molar-refractivity contribution in [3.8, 4) is 17.1 Å². The lowest BCUT2D eigenvalue weighted by Crippen LogP contribution is -2.08. The third-order valence-corrected chi connectivity index (χ3v) is 2.29. The standard InChI is InChI=1S/C13H12N2O3/c1-2-18-12-11(13(16)17)14-8-10(15-12)9-6-4-3-5-7-9/h3-8H,2H2,1H3,(H,16,17). The number of carboxylic acids is 1. The molecule has 2 rings (SSSR count). The van der Waals surface area contributed by atoms with Crippen LogP contribution in [0.15, 0.2) is 36.5 Å². The molecule has 1 N–H and O–H groups in total. The summed E-state index contributed by atoms with van der Waals surface area (Å²) in [7, 11) is 0. The summed E-state index contributed by atoms with van der Waals surface area (Å²) in [6, 6.07) is 9.40. The van der Waals surface area contributed by atoms with Crippen molar-refractivity contribution in [1.29, 1.82) is 0 Å². The zero-order valence-electron chi connectivity index (χ0n) is 9.83. The van der Waals surface area contributed by atoms with E-state index in [4.69, 9.17) is 9.84 Å². The molecule has 0 spiro atoms. The highest BCUT2D eigenvalue weighted by Crippen LogP contribution is 2.21. The molecule has 0 saturated heterocycles. The molecule has 1 aromatic heterocycles. The summed E-state index contributed by atoms with van der Waals surface area (Å²) in [6.07, 6.45) is 1.43. The molecular formula is C13H12N2O3. The largest absolute Gasteiger partial charge is 0.476 e. The number of ether oxygens (including phenoxy) is 1. The Balaban J connectivity index is 2.46. The maximum Gasteiger partial charge on any atom is 0.360 e. The molecule has 0 saturated carbocycles. The lowest BCUT2D eigenvalue weighted by molar-refractivity contribution is 0.0684. The zero-order chi connectivity index (χ0) is 13.0. The number of nitrogens with zero attached hydrogens (tertiary/aromatic N) is 2. The van der Waals surface area contributed by atoms with Gasteiger partial charge in [0.2, 0.25) is 11.6 Å². The van der Waals surface area contributed by atoms with Gasteiger partial charge in [0.15, 0.2) is 0 Å². The van der Waals surface area contributed by atoms with E-state index in [0.29, 0.717) is 12.3 Å². The first-order valence-corrected chi connectivity index (χ1v) is 5.51. The van der Waals surface area contributed by atoms with E-state index in [-0.39, 0.29) is 11.6 Å². The molecule has 0 atom stereocenters. The number of hydrogen-bond acceptors (Lipinski definition) is 4. The van der Waals surface area contributed by atoms with E-state index >= 15 is 0 Å². The third-order valence-electron chi connectivity index (χ3n) is 2.29. The first-order valence-electron chi connectivity index (χ1n) is 5.51. The Morgan fingerprint density at radius 2 is 2.06 bits per heavy atom. The molecule has 18 heavy (non-hydrogen) atoms. The quantitative estimate of drug-likeness (QED) is 0.892. The molecule has 5 nitrogen and oxygen atoms in total. The highest BCUT2D eigenvalue weighted by atomic mass is 16.5. The van der Waals surface area contributed by atoms with Gasteiger partial charge < -0.3 is 9.84 Å². The van der Waals surface area contributed by atoms with Crippen LogP contribution >= 0.6 is 0 Å². The zero-order valence-corrected chi connectivity index (χ0v) is 9.83. The number of aromatic carboxylic acids is 1. The molecule has 0 radical (unpaired) electrons. The van der Waals surface area contributed by atoms with Gasteiger partial charge >= 0.3 is 5.97 Å². The van der Waals surface area contributed by atoms with Crippen molar-refractivity contribution >= 4 is 5.97 Å². The van der Waals surface area contributed by atoms with Crippen molar-refractivity contribution in [1.82, 2.24) is 9.97 Å². The van der Waals surface area contributed by atoms with Crippen LogP contribution in [0.3, 0.4) is 0 Å². The summed E-state index contributed by atoms with van der Waals surface area (Å²) < 4.78 is 5.21. The molecule has 0 bridgehead atoms. The second-order valence-electron chi connectivity index (χ2n) is 3.51. The molecule has 0 aliphatic heterocycles. The predicted octanol–water partition coefficient (Wildman–Crippen LogP) is 2.24. The van der Waals surface area contributed by atoms with Crippen molar-refractivity contribution in [3.63, 3.8) is 0 Å². The van der Waals surface area contributed by atoms with Crippen LogP contribution in [-0.2, 0) is 0 Å². The summed E-state index contributed by atoms with van der Waals surface area (Å²) in [5.74, 6) is -1.10. The first kappa shape index (κ1) is 12.0. The van der Waals surface area contributed by atoms with E-state index in [0.717, 1.165) is 5.56 Å². The Morgan fingerprint density at radius 1 is 1.33 bits per heavy atom. The summed E-state index contributed by atoms with van der Waals surface area (Å²) in [5, 5.41) is 8.97. The maximum absolute atomic E-state index is 11.0. The molecule has 1 aromatic carbocycles. The van der Waals surface area contributed by atoms with Crippen molar-refractivity contribution in [2.45, 2.75) is 6.92 Å².